The van der Waals surface area contributed by atoms with Crippen molar-refractivity contribution in [3.63, 3.8) is 0 Å². The summed E-state index contributed by atoms with van der Waals surface area (Å²) in [6.45, 7) is 1.58. The first kappa shape index (κ1) is 41.5. The van der Waals surface area contributed by atoms with Gasteiger partial charge in [-0.1, -0.05) is 18.1 Å². The van der Waals surface area contributed by atoms with E-state index in [0.29, 0.717) is 22.6 Å². The number of hydrogen-bond donors (Lipinski definition) is 3. The van der Waals surface area contributed by atoms with Crippen LogP contribution in [0.3, 0.4) is 0 Å². The van der Waals surface area contributed by atoms with E-state index in [-0.39, 0.29) is 11.8 Å². The van der Waals surface area contributed by atoms with Crippen molar-refractivity contribution < 1.29 is 52.8 Å². The average Bonchev–Trinajstić information content (AvgIpc) is 3.12. The summed E-state index contributed by atoms with van der Waals surface area (Å²) in [6, 6.07) is 14.7. The molecule has 2 aromatic carbocycles. The molecule has 0 amide bonds. The van der Waals surface area contributed by atoms with Crippen molar-refractivity contribution in [1.29, 1.82) is 0 Å². The number of fused-ring (bicyclic) bond motifs is 2. The zero-order chi connectivity index (χ0) is 36.5. The van der Waals surface area contributed by atoms with Gasteiger partial charge in [0.05, 0.1) is 64.0 Å². The highest BCUT2D eigenvalue weighted by molar-refractivity contribution is 6.01. The third kappa shape index (κ3) is 14.1. The number of benzene rings is 2. The molecule has 4 aromatic rings. The molecule has 15 nitrogen and oxygen atoms in total. The molecule has 15 heteroatoms. The Bertz CT molecular complexity index is 1770. The number of esters is 3. The smallest absolute Gasteiger partial charge is 0.384 e. The number of methoxy groups -OCH3 is 5. The maximum absolute atomic E-state index is 11.8. The first-order valence-electron chi connectivity index (χ1n) is 13.3. The van der Waals surface area contributed by atoms with Gasteiger partial charge in [0.1, 0.15) is 17.2 Å². The Morgan fingerprint density at radius 3 is 1.79 bits per heavy atom. The Labute approximate surface area is 276 Å². The average molecular weight is 665 g/mol. The van der Waals surface area contributed by atoms with Crippen LogP contribution in [0.2, 0.25) is 0 Å². The maximum atomic E-state index is 11.8. The molecule has 2 heterocycles. The monoisotopic (exact) mass is 664 g/mol. The van der Waals surface area contributed by atoms with Crippen LogP contribution in [0.5, 0.6) is 11.5 Å². The number of anilines is 2. The second kappa shape index (κ2) is 23.8. The Balaban J connectivity index is 0.000000739. The molecule has 2 aromatic heterocycles. The minimum Gasteiger partial charge on any atom is -0.497 e. The molecule has 0 unspecified atom stereocenters. The van der Waals surface area contributed by atoms with Crippen LogP contribution in [0.15, 0.2) is 72.7 Å². The quantitative estimate of drug-likeness (QED) is 0.0674. The number of nitrogens with one attached hydrogen (secondary N) is 1. The lowest BCUT2D eigenvalue weighted by Crippen LogP contribution is -2.15. The minimum atomic E-state index is -0.706. The number of aromatic nitrogens is 2. The number of nitrogens with two attached hydrogens (primary N) is 1. The predicted molar refractivity (Wildman–Crippen MR) is 175 cm³/mol. The summed E-state index contributed by atoms with van der Waals surface area (Å²) in [7, 11) is 7.89. The number of ether oxygens (including phenoxy) is 5. The molecule has 0 atom stereocenters. The van der Waals surface area contributed by atoms with E-state index in [2.05, 4.69) is 41.3 Å². The van der Waals surface area contributed by atoms with Gasteiger partial charge in [-0.3, -0.25) is 9.97 Å². The molecule has 0 fully saturated rings. The number of hydrogen-bond acceptors (Lipinski definition) is 15. The highest BCUT2D eigenvalue weighted by Crippen LogP contribution is 2.29. The number of carbonyl (C=O) groups excluding carboxylic acids is 5. The second-order valence-corrected chi connectivity index (χ2v) is 8.19. The zero-order valence-corrected chi connectivity index (χ0v) is 27.4. The predicted octanol–water partition coefficient (Wildman–Crippen LogP) is 2.92. The van der Waals surface area contributed by atoms with Gasteiger partial charge in [-0.05, 0) is 31.2 Å². The van der Waals surface area contributed by atoms with Gasteiger partial charge in [0.2, 0.25) is 0 Å². The Morgan fingerprint density at radius 2 is 1.33 bits per heavy atom. The summed E-state index contributed by atoms with van der Waals surface area (Å²) in [5, 5.41) is 11.7. The molecule has 0 aliphatic rings. The standard InChI is InChI=1S/C16H16N2O5.C10H10N2O.C5H6O2.CO2.CH4O/c1-21-11-7-10-5-4-6-17-15(10)12(8-11)18-13(16(20)23-3)9-14(19)22-2;1-13-8-5-7-3-2-4-12-10(7)9(11)6-8;1-3-4-5(6)7-2;2-1-3;1-2/h4-9,18H,1-3H3;2-6H,11H2,1H3;1-2H3;;2H,1H3/b13-9-;;;;. The molecule has 0 saturated heterocycles. The number of aliphatic hydroxyl groups is 1. The third-order valence-corrected chi connectivity index (χ3v) is 5.41. The second-order valence-electron chi connectivity index (χ2n) is 8.19. The van der Waals surface area contributed by atoms with Crippen molar-refractivity contribution in [3.8, 4) is 23.3 Å². The summed E-state index contributed by atoms with van der Waals surface area (Å²) >= 11 is 0. The van der Waals surface area contributed by atoms with Crippen molar-refractivity contribution >= 4 is 57.2 Å². The van der Waals surface area contributed by atoms with Crippen LogP contribution in [0.4, 0.5) is 11.4 Å². The van der Waals surface area contributed by atoms with E-state index in [4.69, 9.17) is 29.9 Å². The van der Waals surface area contributed by atoms with E-state index in [9.17, 15) is 14.4 Å². The van der Waals surface area contributed by atoms with Crippen molar-refractivity contribution in [3.05, 3.63) is 72.7 Å². The van der Waals surface area contributed by atoms with E-state index >= 15 is 0 Å². The molecule has 0 bridgehead atoms. The minimum absolute atomic E-state index is 0.0699. The molecule has 0 saturated carbocycles. The number of nitrogens with zero attached hydrogens (tertiary/aromatic N) is 2. The molecular weight excluding hydrogens is 628 g/mol. The summed E-state index contributed by atoms with van der Waals surface area (Å²) in [5.74, 6) is 4.05. The van der Waals surface area contributed by atoms with Crippen LogP contribution < -0.4 is 20.5 Å². The number of carbonyl (C=O) groups is 3. The van der Waals surface area contributed by atoms with Crippen LogP contribution >= 0.6 is 0 Å². The molecule has 0 aliphatic heterocycles. The zero-order valence-electron chi connectivity index (χ0n) is 27.4. The van der Waals surface area contributed by atoms with Crippen molar-refractivity contribution in [2.24, 2.45) is 0 Å². The Kier molecular flexibility index (Phi) is 20.6. The molecular formula is C33H36N4O11. The molecule has 0 radical (unpaired) electrons. The van der Waals surface area contributed by atoms with Crippen LogP contribution in [0, 0.1) is 11.8 Å². The van der Waals surface area contributed by atoms with Crippen molar-refractivity contribution in [1.82, 2.24) is 9.97 Å². The maximum Gasteiger partial charge on any atom is 0.384 e. The largest absolute Gasteiger partial charge is 0.497 e. The molecule has 0 spiro atoms. The van der Waals surface area contributed by atoms with Crippen LogP contribution in [-0.4, -0.2) is 81.8 Å². The van der Waals surface area contributed by atoms with Gasteiger partial charge < -0.3 is 39.8 Å². The van der Waals surface area contributed by atoms with Crippen LogP contribution in [-0.2, 0) is 38.2 Å². The molecule has 4 rings (SSSR count). The molecule has 254 valence electrons. The topological polar surface area (TPSA) is 216 Å². The van der Waals surface area contributed by atoms with Crippen LogP contribution in [0.25, 0.3) is 21.8 Å². The lowest BCUT2D eigenvalue weighted by atomic mass is 10.1. The van der Waals surface area contributed by atoms with Gasteiger partial charge in [0.15, 0.2) is 0 Å². The summed E-state index contributed by atoms with van der Waals surface area (Å²) in [5.41, 5.74) is 8.31. The number of aliphatic hydroxyl groups excluding tert-OH is 1. The SMILES string of the molecule is CC#CC(=O)OC.CO.COC(=O)/C=C(\Nc1cc(OC)cc2cccnc12)C(=O)OC.COc1cc(N)c2ncccc2c1.O=C=O. The summed E-state index contributed by atoms with van der Waals surface area (Å²) in [4.78, 5) is 58.0. The van der Waals surface area contributed by atoms with Gasteiger partial charge >= 0.3 is 24.1 Å². The molecule has 48 heavy (non-hydrogen) atoms. The van der Waals surface area contributed by atoms with Crippen LogP contribution in [0.1, 0.15) is 6.92 Å². The van der Waals surface area contributed by atoms with E-state index in [0.717, 1.165) is 35.2 Å². The highest BCUT2D eigenvalue weighted by atomic mass is 16.5. The fourth-order valence-corrected chi connectivity index (χ4v) is 3.42. The summed E-state index contributed by atoms with van der Waals surface area (Å²) < 4.78 is 23.7. The van der Waals surface area contributed by atoms with E-state index in [1.165, 1.54) is 28.4 Å². The fourth-order valence-electron chi connectivity index (χ4n) is 3.42. The molecule has 4 N–H and O–H groups in total. The fraction of sp³-hybridized carbons (Fsp3) is 0.212. The van der Waals surface area contributed by atoms with E-state index in [1.54, 1.807) is 44.6 Å². The van der Waals surface area contributed by atoms with Crippen molar-refractivity contribution in [2.45, 2.75) is 6.92 Å². The van der Waals surface area contributed by atoms with E-state index < -0.39 is 17.9 Å². The lowest BCUT2D eigenvalue weighted by Gasteiger charge is -2.12. The van der Waals surface area contributed by atoms with Gasteiger partial charge in [-0.2, -0.15) is 9.59 Å². The number of pyridine rings is 2. The van der Waals surface area contributed by atoms with Gasteiger partial charge in [-0.25, -0.2) is 14.4 Å². The first-order valence-corrected chi connectivity index (χ1v) is 13.3. The first-order chi connectivity index (χ1) is 23.1. The number of rotatable bonds is 6. The van der Waals surface area contributed by atoms with Gasteiger partial charge in [-0.15, -0.1) is 0 Å². The lowest BCUT2D eigenvalue weighted by molar-refractivity contribution is -0.191. The molecule has 0 aliphatic carbocycles. The number of nitrogen functional groups attached to an aromatic ring is 1. The Hall–Kier alpha value is -6.49. The summed E-state index contributed by atoms with van der Waals surface area (Å²) in [6.07, 6.45) is 4.62. The van der Waals surface area contributed by atoms with Crippen molar-refractivity contribution in [2.75, 3.05) is 53.7 Å². The van der Waals surface area contributed by atoms with Gasteiger partial charge in [0, 0.05) is 48.3 Å². The highest BCUT2D eigenvalue weighted by Gasteiger charge is 2.15. The van der Waals surface area contributed by atoms with E-state index in [1.807, 2.05) is 30.3 Å². The third-order valence-electron chi connectivity index (χ3n) is 5.41. The Morgan fingerprint density at radius 1 is 0.812 bits per heavy atom. The van der Waals surface area contributed by atoms with Gasteiger partial charge in [0.25, 0.3) is 0 Å². The normalized spacial score (nSPS) is 9.21.